The molecule has 1 amide bonds. The number of rotatable bonds is 4. The van der Waals surface area contributed by atoms with Crippen molar-refractivity contribution < 1.29 is 13.6 Å². The molecule has 0 aliphatic carbocycles. The van der Waals surface area contributed by atoms with Crippen LogP contribution in [0.2, 0.25) is 0 Å². The zero-order chi connectivity index (χ0) is 18.9. The zero-order valence-corrected chi connectivity index (χ0v) is 15.2. The first kappa shape index (κ1) is 18.0. The molecule has 142 valence electrons. The maximum Gasteiger partial charge on any atom is 0.223 e. The Morgan fingerprint density at radius 3 is 2.41 bits per heavy atom. The number of carbonyl (C=O) groups excluding carboxylic acids is 1. The molecule has 2 aliphatic heterocycles. The van der Waals surface area contributed by atoms with Crippen LogP contribution in [0.1, 0.15) is 30.4 Å². The van der Waals surface area contributed by atoms with Gasteiger partial charge in [0, 0.05) is 38.4 Å². The third kappa shape index (κ3) is 4.00. The Morgan fingerprint density at radius 2 is 1.70 bits per heavy atom. The van der Waals surface area contributed by atoms with Crippen molar-refractivity contribution in [2.24, 2.45) is 5.41 Å². The van der Waals surface area contributed by atoms with Crippen LogP contribution in [0.5, 0.6) is 0 Å². The Labute approximate surface area is 157 Å². The summed E-state index contributed by atoms with van der Waals surface area (Å²) in [5.74, 6) is -1.61. The van der Waals surface area contributed by atoms with Gasteiger partial charge in [-0.25, -0.2) is 8.78 Å². The van der Waals surface area contributed by atoms with Gasteiger partial charge in [-0.3, -0.25) is 14.7 Å². The standard InChI is InChI=1S/C21H23F2N3O/c22-18-2-1-17(11-19(18)23)14-26-15-21(12-20(26)27)5-9-25(10-6-21)13-16-3-7-24-8-4-16/h1-4,7-8,11H,5-6,9-10,12-15H2. The first-order chi connectivity index (χ1) is 13.0. The third-order valence-corrected chi connectivity index (χ3v) is 5.83. The van der Waals surface area contributed by atoms with Crippen molar-refractivity contribution in [2.75, 3.05) is 19.6 Å². The molecule has 2 saturated heterocycles. The van der Waals surface area contributed by atoms with E-state index in [-0.39, 0.29) is 11.3 Å². The second-order valence-electron chi connectivity index (χ2n) is 7.81. The van der Waals surface area contributed by atoms with E-state index in [9.17, 15) is 13.6 Å². The highest BCUT2D eigenvalue weighted by Gasteiger charge is 2.44. The Bertz CT molecular complexity index is 819. The van der Waals surface area contributed by atoms with E-state index in [1.54, 1.807) is 11.0 Å². The SMILES string of the molecule is O=C1CC2(CCN(Cc3ccncc3)CC2)CN1Cc1ccc(F)c(F)c1. The number of carbonyl (C=O) groups is 1. The van der Waals surface area contributed by atoms with Crippen LogP contribution in [0.3, 0.4) is 0 Å². The molecule has 1 spiro atoms. The van der Waals surface area contributed by atoms with E-state index < -0.39 is 11.6 Å². The van der Waals surface area contributed by atoms with Crippen molar-refractivity contribution in [3.8, 4) is 0 Å². The van der Waals surface area contributed by atoms with E-state index in [1.165, 1.54) is 11.6 Å². The zero-order valence-electron chi connectivity index (χ0n) is 15.2. The van der Waals surface area contributed by atoms with Crippen LogP contribution in [0, 0.1) is 17.0 Å². The highest BCUT2D eigenvalue weighted by atomic mass is 19.2. The molecule has 1 aromatic heterocycles. The monoisotopic (exact) mass is 371 g/mol. The van der Waals surface area contributed by atoms with Gasteiger partial charge in [0.2, 0.25) is 5.91 Å². The first-order valence-corrected chi connectivity index (χ1v) is 9.36. The van der Waals surface area contributed by atoms with Crippen molar-refractivity contribution in [1.29, 1.82) is 0 Å². The summed E-state index contributed by atoms with van der Waals surface area (Å²) in [6.07, 6.45) is 6.15. The number of hydrogen-bond acceptors (Lipinski definition) is 3. The van der Waals surface area contributed by atoms with Gasteiger partial charge in [-0.15, -0.1) is 0 Å². The maximum atomic E-state index is 13.4. The lowest BCUT2D eigenvalue weighted by Crippen LogP contribution is -2.41. The van der Waals surface area contributed by atoms with Crippen molar-refractivity contribution >= 4 is 5.91 Å². The van der Waals surface area contributed by atoms with Gasteiger partial charge >= 0.3 is 0 Å². The molecule has 2 aliphatic rings. The molecule has 4 nitrogen and oxygen atoms in total. The van der Waals surface area contributed by atoms with Crippen molar-refractivity contribution in [3.05, 3.63) is 65.5 Å². The topological polar surface area (TPSA) is 36.4 Å². The second kappa shape index (κ2) is 7.35. The minimum absolute atomic E-state index is 0.0183. The minimum Gasteiger partial charge on any atom is -0.338 e. The second-order valence-corrected chi connectivity index (χ2v) is 7.81. The van der Waals surface area contributed by atoms with Crippen molar-refractivity contribution in [3.63, 3.8) is 0 Å². The van der Waals surface area contributed by atoms with Gasteiger partial charge in [0.1, 0.15) is 0 Å². The summed E-state index contributed by atoms with van der Waals surface area (Å²) in [7, 11) is 0. The average molecular weight is 371 g/mol. The fraction of sp³-hybridized carbons (Fsp3) is 0.429. The number of nitrogens with zero attached hydrogens (tertiary/aromatic N) is 3. The van der Waals surface area contributed by atoms with Crippen LogP contribution in [-0.2, 0) is 17.9 Å². The molecule has 4 rings (SSSR count). The molecule has 3 heterocycles. The van der Waals surface area contributed by atoms with Crippen LogP contribution >= 0.6 is 0 Å². The lowest BCUT2D eigenvalue weighted by Gasteiger charge is -2.38. The lowest BCUT2D eigenvalue weighted by molar-refractivity contribution is -0.128. The van der Waals surface area contributed by atoms with E-state index >= 15 is 0 Å². The van der Waals surface area contributed by atoms with Crippen molar-refractivity contribution in [1.82, 2.24) is 14.8 Å². The number of benzene rings is 1. The highest BCUT2D eigenvalue weighted by Crippen LogP contribution is 2.41. The van der Waals surface area contributed by atoms with Crippen LogP contribution in [0.4, 0.5) is 8.78 Å². The Morgan fingerprint density at radius 1 is 0.963 bits per heavy atom. The van der Waals surface area contributed by atoms with E-state index in [0.29, 0.717) is 25.1 Å². The quantitative estimate of drug-likeness (QED) is 0.827. The lowest BCUT2D eigenvalue weighted by atomic mass is 9.77. The van der Waals surface area contributed by atoms with E-state index in [0.717, 1.165) is 38.5 Å². The van der Waals surface area contributed by atoms with Gasteiger partial charge in [0.15, 0.2) is 11.6 Å². The fourth-order valence-electron chi connectivity index (χ4n) is 4.25. The minimum atomic E-state index is -0.863. The van der Waals surface area contributed by atoms with Gasteiger partial charge in [-0.2, -0.15) is 0 Å². The summed E-state index contributed by atoms with van der Waals surface area (Å²) < 4.78 is 26.5. The molecular weight excluding hydrogens is 348 g/mol. The Hall–Kier alpha value is -2.34. The first-order valence-electron chi connectivity index (χ1n) is 9.36. The number of likely N-dealkylation sites (tertiary alicyclic amines) is 2. The van der Waals surface area contributed by atoms with E-state index in [1.807, 2.05) is 24.5 Å². The normalized spacial score (nSPS) is 19.8. The fourth-order valence-corrected chi connectivity index (χ4v) is 4.25. The van der Waals surface area contributed by atoms with E-state index in [4.69, 9.17) is 0 Å². The summed E-state index contributed by atoms with van der Waals surface area (Å²) in [4.78, 5) is 20.8. The number of piperidine rings is 1. The maximum absolute atomic E-state index is 13.4. The number of hydrogen-bond donors (Lipinski definition) is 0. The number of aromatic nitrogens is 1. The largest absolute Gasteiger partial charge is 0.338 e. The summed E-state index contributed by atoms with van der Waals surface area (Å²) >= 11 is 0. The molecule has 2 fully saturated rings. The van der Waals surface area contributed by atoms with E-state index in [2.05, 4.69) is 9.88 Å². The van der Waals surface area contributed by atoms with Crippen LogP contribution in [0.15, 0.2) is 42.7 Å². The summed E-state index contributed by atoms with van der Waals surface area (Å²) in [5.41, 5.74) is 1.91. The smallest absolute Gasteiger partial charge is 0.223 e. The van der Waals surface area contributed by atoms with Gasteiger partial charge in [-0.05, 0) is 66.7 Å². The van der Waals surface area contributed by atoms with Gasteiger partial charge in [0.05, 0.1) is 0 Å². The Balaban J connectivity index is 1.35. The molecule has 0 atom stereocenters. The molecule has 2 aromatic rings. The molecule has 0 saturated carbocycles. The van der Waals surface area contributed by atoms with Crippen LogP contribution in [0.25, 0.3) is 0 Å². The predicted octanol–water partition coefficient (Wildman–Crippen LogP) is 3.37. The van der Waals surface area contributed by atoms with Gasteiger partial charge in [-0.1, -0.05) is 6.07 Å². The highest BCUT2D eigenvalue weighted by molar-refractivity contribution is 5.79. The van der Waals surface area contributed by atoms with Gasteiger partial charge < -0.3 is 4.90 Å². The average Bonchev–Trinajstić information content (AvgIpc) is 2.96. The molecule has 0 N–H and O–H groups in total. The molecule has 27 heavy (non-hydrogen) atoms. The summed E-state index contributed by atoms with van der Waals surface area (Å²) in [6.45, 7) is 3.89. The Kier molecular flexibility index (Phi) is 4.91. The number of pyridine rings is 1. The number of halogens is 2. The van der Waals surface area contributed by atoms with Crippen LogP contribution < -0.4 is 0 Å². The third-order valence-electron chi connectivity index (χ3n) is 5.83. The molecule has 0 unspecified atom stereocenters. The molecule has 6 heteroatoms. The molecule has 0 radical (unpaired) electrons. The van der Waals surface area contributed by atoms with Crippen LogP contribution in [-0.4, -0.2) is 40.3 Å². The van der Waals surface area contributed by atoms with Crippen molar-refractivity contribution in [2.45, 2.75) is 32.4 Å². The number of amides is 1. The predicted molar refractivity (Wildman–Crippen MR) is 97.6 cm³/mol. The molecule has 1 aromatic carbocycles. The van der Waals surface area contributed by atoms with Gasteiger partial charge in [0.25, 0.3) is 0 Å². The summed E-state index contributed by atoms with van der Waals surface area (Å²) in [6, 6.07) is 7.93. The molecule has 0 bridgehead atoms. The summed E-state index contributed by atoms with van der Waals surface area (Å²) in [5, 5.41) is 0. The molecular formula is C21H23F2N3O.